The van der Waals surface area contributed by atoms with E-state index in [0.717, 1.165) is 40.8 Å². The van der Waals surface area contributed by atoms with E-state index in [1.54, 1.807) is 12.1 Å². The van der Waals surface area contributed by atoms with Gasteiger partial charge in [0, 0.05) is 17.1 Å². The molecule has 7 heteroatoms. The molecular weight excluding hydrogens is 437 g/mol. The molecule has 0 N–H and O–H groups in total. The fraction of sp³-hybridized carbons (Fsp3) is 0.192. The lowest BCUT2D eigenvalue weighted by atomic mass is 9.98. The molecule has 4 rings (SSSR count). The summed E-state index contributed by atoms with van der Waals surface area (Å²) in [4.78, 5) is 4.47. The third kappa shape index (κ3) is 5.30. The van der Waals surface area contributed by atoms with Crippen LogP contribution in [0.5, 0.6) is 5.75 Å². The number of benzene rings is 3. The Morgan fingerprint density at radius 1 is 0.848 bits per heavy atom. The van der Waals surface area contributed by atoms with E-state index in [9.17, 15) is 17.6 Å². The highest BCUT2D eigenvalue weighted by atomic mass is 19.4. The maximum absolute atomic E-state index is 15.1. The summed E-state index contributed by atoms with van der Waals surface area (Å²) in [5.41, 5.74) is 3.71. The van der Waals surface area contributed by atoms with E-state index in [1.165, 1.54) is 6.07 Å². The Balaban J connectivity index is 1.52. The third-order valence-electron chi connectivity index (χ3n) is 5.47. The van der Waals surface area contributed by atoms with Gasteiger partial charge in [-0.05, 0) is 65.6 Å². The molecule has 0 aliphatic heterocycles. The molecular formula is C26H20F5NO. The molecule has 2 nitrogen and oxygen atoms in total. The van der Waals surface area contributed by atoms with Crippen LogP contribution in [0.15, 0.2) is 66.9 Å². The lowest BCUT2D eigenvalue weighted by molar-refractivity contribution is -0.275. The lowest BCUT2D eigenvalue weighted by Gasteiger charge is -2.11. The predicted octanol–water partition coefficient (Wildman–Crippen LogP) is 7.43. The number of ether oxygens (including phenoxy) is 1. The van der Waals surface area contributed by atoms with Crippen molar-refractivity contribution in [2.75, 3.05) is 0 Å². The molecule has 0 radical (unpaired) electrons. The van der Waals surface area contributed by atoms with Gasteiger partial charge in [-0.2, -0.15) is 0 Å². The number of pyridine rings is 1. The summed E-state index contributed by atoms with van der Waals surface area (Å²) in [6.45, 7) is 2.06. The number of rotatable bonds is 6. The number of aryl methyl sites for hydroxylation is 3. The van der Waals surface area contributed by atoms with Crippen LogP contribution < -0.4 is 4.74 Å². The predicted molar refractivity (Wildman–Crippen MR) is 117 cm³/mol. The number of nitrogens with zero attached hydrogens (tertiary/aromatic N) is 1. The van der Waals surface area contributed by atoms with Crippen LogP contribution in [-0.4, -0.2) is 11.3 Å². The Hall–Kier alpha value is -3.48. The molecule has 0 atom stereocenters. The quantitative estimate of drug-likeness (QED) is 0.281. The van der Waals surface area contributed by atoms with Gasteiger partial charge in [0.15, 0.2) is 11.6 Å². The Morgan fingerprint density at radius 2 is 1.64 bits per heavy atom. The van der Waals surface area contributed by atoms with Crippen LogP contribution in [0, 0.1) is 11.6 Å². The summed E-state index contributed by atoms with van der Waals surface area (Å²) < 4.78 is 69.5. The molecule has 3 aromatic carbocycles. The van der Waals surface area contributed by atoms with Crippen molar-refractivity contribution in [2.45, 2.75) is 32.5 Å². The van der Waals surface area contributed by atoms with Gasteiger partial charge in [-0.3, -0.25) is 4.98 Å². The molecule has 0 bridgehead atoms. The van der Waals surface area contributed by atoms with Crippen LogP contribution >= 0.6 is 0 Å². The molecule has 170 valence electrons. The van der Waals surface area contributed by atoms with E-state index in [1.807, 2.05) is 36.5 Å². The smallest absolute Gasteiger partial charge is 0.403 e. The maximum atomic E-state index is 15.1. The van der Waals surface area contributed by atoms with Crippen molar-refractivity contribution in [3.8, 4) is 17.0 Å². The molecule has 0 unspecified atom stereocenters. The van der Waals surface area contributed by atoms with E-state index < -0.39 is 17.9 Å². The zero-order valence-corrected chi connectivity index (χ0v) is 17.7. The minimum Gasteiger partial charge on any atom is -0.403 e. The van der Waals surface area contributed by atoms with Gasteiger partial charge in [-0.25, -0.2) is 8.78 Å². The number of aromatic nitrogens is 1. The van der Waals surface area contributed by atoms with Crippen molar-refractivity contribution in [1.82, 2.24) is 4.98 Å². The van der Waals surface area contributed by atoms with Crippen LogP contribution in [0.4, 0.5) is 22.0 Å². The topological polar surface area (TPSA) is 22.1 Å². The molecule has 4 aromatic rings. The van der Waals surface area contributed by atoms with Gasteiger partial charge in [-0.1, -0.05) is 43.3 Å². The van der Waals surface area contributed by atoms with Gasteiger partial charge < -0.3 is 4.74 Å². The first-order valence-corrected chi connectivity index (χ1v) is 10.4. The van der Waals surface area contributed by atoms with Crippen LogP contribution in [0.1, 0.15) is 23.6 Å². The van der Waals surface area contributed by atoms with Gasteiger partial charge in [-0.15, -0.1) is 13.2 Å². The highest BCUT2D eigenvalue weighted by molar-refractivity contribution is 5.88. The van der Waals surface area contributed by atoms with Crippen LogP contribution in [0.2, 0.25) is 0 Å². The minimum atomic E-state index is -4.97. The largest absolute Gasteiger partial charge is 0.573 e. The van der Waals surface area contributed by atoms with Gasteiger partial charge in [0.1, 0.15) is 5.82 Å². The summed E-state index contributed by atoms with van der Waals surface area (Å²) in [5.74, 6) is -2.37. The van der Waals surface area contributed by atoms with Crippen molar-refractivity contribution < 1.29 is 26.7 Å². The van der Waals surface area contributed by atoms with Crippen LogP contribution in [0.3, 0.4) is 0 Å². The molecule has 1 heterocycles. The number of hydrogen-bond donors (Lipinski definition) is 0. The summed E-state index contributed by atoms with van der Waals surface area (Å²) in [7, 11) is 0. The molecule has 0 saturated carbocycles. The van der Waals surface area contributed by atoms with Crippen molar-refractivity contribution >= 4 is 10.8 Å². The Bertz CT molecular complexity index is 1280. The van der Waals surface area contributed by atoms with Gasteiger partial charge in [0.2, 0.25) is 0 Å². The van der Waals surface area contributed by atoms with Gasteiger partial charge in [0.05, 0.1) is 5.69 Å². The third-order valence-corrected chi connectivity index (χ3v) is 5.47. The second kappa shape index (κ2) is 9.17. The lowest BCUT2D eigenvalue weighted by Crippen LogP contribution is -2.18. The summed E-state index contributed by atoms with van der Waals surface area (Å²) in [6.07, 6.45) is -1.71. The second-order valence-corrected chi connectivity index (χ2v) is 7.69. The van der Waals surface area contributed by atoms with Crippen LogP contribution in [-0.2, 0) is 19.3 Å². The molecule has 0 saturated heterocycles. The second-order valence-electron chi connectivity index (χ2n) is 7.69. The first kappa shape index (κ1) is 22.7. The van der Waals surface area contributed by atoms with Crippen molar-refractivity contribution in [3.05, 3.63) is 95.2 Å². The Kier molecular flexibility index (Phi) is 6.31. The standard InChI is InChI=1S/C26H20F5NO/c1-2-16-4-11-23(32-15-16)20-9-10-21-19(14-20)8-7-18(25(21)28)6-3-17-5-12-24(22(27)13-17)33-26(29,30)31/h4-5,7-15H,2-3,6H2,1H3. The van der Waals surface area contributed by atoms with Gasteiger partial charge >= 0.3 is 6.36 Å². The summed E-state index contributed by atoms with van der Waals surface area (Å²) >= 11 is 0. The Morgan fingerprint density at radius 3 is 2.30 bits per heavy atom. The van der Waals surface area contributed by atoms with Crippen molar-refractivity contribution in [1.29, 1.82) is 0 Å². The average molecular weight is 457 g/mol. The highest BCUT2D eigenvalue weighted by Gasteiger charge is 2.32. The average Bonchev–Trinajstić information content (AvgIpc) is 2.79. The Labute approximate surface area is 187 Å². The molecule has 0 aliphatic carbocycles. The molecule has 33 heavy (non-hydrogen) atoms. The molecule has 0 fully saturated rings. The fourth-order valence-corrected chi connectivity index (χ4v) is 3.68. The van der Waals surface area contributed by atoms with Crippen molar-refractivity contribution in [3.63, 3.8) is 0 Å². The molecule has 0 amide bonds. The number of fused-ring (bicyclic) bond motifs is 1. The van der Waals surface area contributed by atoms with Crippen LogP contribution in [0.25, 0.3) is 22.0 Å². The number of hydrogen-bond acceptors (Lipinski definition) is 2. The highest BCUT2D eigenvalue weighted by Crippen LogP contribution is 2.29. The summed E-state index contributed by atoms with van der Waals surface area (Å²) in [6, 6.07) is 16.1. The SMILES string of the molecule is CCc1ccc(-c2ccc3c(F)c(CCc4ccc(OC(F)(F)F)c(F)c4)ccc3c2)nc1. The zero-order valence-electron chi connectivity index (χ0n) is 17.7. The van der Waals surface area contributed by atoms with E-state index in [4.69, 9.17) is 0 Å². The normalized spacial score (nSPS) is 11.7. The molecule has 0 aliphatic rings. The molecule has 0 spiro atoms. The zero-order chi connectivity index (χ0) is 23.6. The maximum Gasteiger partial charge on any atom is 0.573 e. The van der Waals surface area contributed by atoms with Gasteiger partial charge in [0.25, 0.3) is 0 Å². The fourth-order valence-electron chi connectivity index (χ4n) is 3.68. The number of alkyl halides is 3. The molecule has 1 aromatic heterocycles. The first-order valence-electron chi connectivity index (χ1n) is 10.4. The van der Waals surface area contributed by atoms with E-state index >= 15 is 4.39 Å². The van der Waals surface area contributed by atoms with E-state index in [-0.39, 0.29) is 18.7 Å². The van der Waals surface area contributed by atoms with Crippen molar-refractivity contribution in [2.24, 2.45) is 0 Å². The monoisotopic (exact) mass is 457 g/mol. The first-order chi connectivity index (χ1) is 15.7. The number of halogens is 5. The summed E-state index contributed by atoms with van der Waals surface area (Å²) in [5, 5.41) is 1.19. The minimum absolute atomic E-state index is 0.261. The van der Waals surface area contributed by atoms with E-state index in [0.29, 0.717) is 16.5 Å². The van der Waals surface area contributed by atoms with E-state index in [2.05, 4.69) is 16.6 Å².